The Morgan fingerprint density at radius 1 is 1.62 bits per heavy atom. The Labute approximate surface area is 77.4 Å². The van der Waals surface area contributed by atoms with Crippen LogP contribution in [0.3, 0.4) is 0 Å². The lowest BCUT2D eigenvalue weighted by Gasteiger charge is -1.96. The third kappa shape index (κ3) is 2.32. The van der Waals surface area contributed by atoms with Gasteiger partial charge in [-0.2, -0.15) is 0 Å². The Bertz CT molecular complexity index is 336. The summed E-state index contributed by atoms with van der Waals surface area (Å²) in [6, 6.07) is 2.72. The van der Waals surface area contributed by atoms with Gasteiger partial charge < -0.3 is 0 Å². The van der Waals surface area contributed by atoms with Gasteiger partial charge in [0.15, 0.2) is 0 Å². The van der Waals surface area contributed by atoms with Crippen molar-refractivity contribution in [3.8, 4) is 0 Å². The van der Waals surface area contributed by atoms with Gasteiger partial charge in [-0.25, -0.2) is 4.98 Å². The highest BCUT2D eigenvalue weighted by molar-refractivity contribution is 7.84. The maximum atomic E-state index is 11.2. The van der Waals surface area contributed by atoms with Crippen molar-refractivity contribution >= 4 is 16.5 Å². The first kappa shape index (κ1) is 9.79. The molecule has 13 heavy (non-hydrogen) atoms. The predicted molar refractivity (Wildman–Crippen MR) is 47.8 cm³/mol. The minimum Gasteiger partial charge on any atom is -0.258 e. The van der Waals surface area contributed by atoms with E-state index in [1.54, 1.807) is 6.92 Å². The zero-order chi connectivity index (χ0) is 9.84. The van der Waals surface area contributed by atoms with Crippen LogP contribution in [0.25, 0.3) is 0 Å². The number of rotatable bonds is 3. The summed E-state index contributed by atoms with van der Waals surface area (Å²) in [7, 11) is -1.15. The number of hydrogen-bond donors (Lipinski definition) is 0. The van der Waals surface area contributed by atoms with E-state index in [1.165, 1.54) is 12.1 Å². The first-order chi connectivity index (χ1) is 6.15. The maximum absolute atomic E-state index is 11.2. The molecule has 0 saturated carbocycles. The summed E-state index contributed by atoms with van der Waals surface area (Å²) in [6.07, 6.45) is 1.11. The van der Waals surface area contributed by atoms with Crippen molar-refractivity contribution in [1.82, 2.24) is 4.98 Å². The van der Waals surface area contributed by atoms with Crippen LogP contribution in [0.15, 0.2) is 23.4 Å². The molecule has 0 fully saturated rings. The van der Waals surface area contributed by atoms with Crippen molar-refractivity contribution < 1.29 is 9.13 Å². The molecule has 0 aliphatic carbocycles. The third-order valence-corrected chi connectivity index (χ3v) is 2.66. The van der Waals surface area contributed by atoms with Crippen LogP contribution in [0.2, 0.25) is 0 Å². The van der Waals surface area contributed by atoms with Crippen molar-refractivity contribution in [2.75, 3.05) is 5.75 Å². The normalized spacial score (nSPS) is 12.4. The zero-order valence-corrected chi connectivity index (χ0v) is 7.78. The molecule has 70 valence electrons. The lowest BCUT2D eigenvalue weighted by atomic mass is 10.4. The highest BCUT2D eigenvalue weighted by Gasteiger charge is 2.07. The Balaban J connectivity index is 2.93. The van der Waals surface area contributed by atoms with E-state index in [1.807, 2.05) is 0 Å². The number of hydrogen-bond acceptors (Lipinski definition) is 4. The van der Waals surface area contributed by atoms with E-state index in [-0.39, 0.29) is 5.69 Å². The SMILES string of the molecule is CCS(=O)c1ccc([N+](=O)[O-])cn1. The summed E-state index contributed by atoms with van der Waals surface area (Å²) in [6.45, 7) is 1.76. The molecule has 0 amide bonds. The average Bonchev–Trinajstić information content (AvgIpc) is 2.17. The number of aromatic nitrogens is 1. The molecule has 0 aromatic carbocycles. The Morgan fingerprint density at radius 3 is 2.69 bits per heavy atom. The van der Waals surface area contributed by atoms with Gasteiger partial charge in [0, 0.05) is 11.8 Å². The van der Waals surface area contributed by atoms with E-state index in [9.17, 15) is 14.3 Å². The summed E-state index contributed by atoms with van der Waals surface area (Å²) >= 11 is 0. The molecule has 0 aliphatic heterocycles. The second-order valence-electron chi connectivity index (χ2n) is 2.25. The van der Waals surface area contributed by atoms with Crippen LogP contribution in [0, 0.1) is 10.1 Å². The Kier molecular flexibility index (Phi) is 3.07. The predicted octanol–water partition coefficient (Wildman–Crippen LogP) is 1.12. The van der Waals surface area contributed by atoms with Crippen LogP contribution in [0.1, 0.15) is 6.92 Å². The Morgan fingerprint density at radius 2 is 2.31 bits per heavy atom. The van der Waals surface area contributed by atoms with E-state index in [0.717, 1.165) is 6.20 Å². The fraction of sp³-hybridized carbons (Fsp3) is 0.286. The smallest absolute Gasteiger partial charge is 0.258 e. The third-order valence-electron chi connectivity index (χ3n) is 1.43. The molecule has 1 heterocycles. The molecule has 5 nitrogen and oxygen atoms in total. The van der Waals surface area contributed by atoms with Gasteiger partial charge >= 0.3 is 0 Å². The lowest BCUT2D eigenvalue weighted by Crippen LogP contribution is -1.98. The van der Waals surface area contributed by atoms with E-state index in [0.29, 0.717) is 10.8 Å². The van der Waals surface area contributed by atoms with Crippen LogP contribution in [-0.2, 0) is 10.8 Å². The summed E-state index contributed by atoms with van der Waals surface area (Å²) in [5.74, 6) is 0.463. The first-order valence-electron chi connectivity index (χ1n) is 3.64. The Hall–Kier alpha value is -1.30. The van der Waals surface area contributed by atoms with Crippen LogP contribution in [0.5, 0.6) is 0 Å². The van der Waals surface area contributed by atoms with E-state index in [4.69, 9.17) is 0 Å². The summed E-state index contributed by atoms with van der Waals surface area (Å²) in [5, 5.41) is 10.6. The van der Waals surface area contributed by atoms with E-state index in [2.05, 4.69) is 4.98 Å². The number of pyridine rings is 1. The molecule has 1 unspecified atom stereocenters. The standard InChI is InChI=1S/C7H8N2O3S/c1-2-13(12)7-4-3-6(5-8-7)9(10)11/h3-5H,2H2,1H3. The summed E-state index contributed by atoms with van der Waals surface area (Å²) < 4.78 is 11.2. The van der Waals surface area contributed by atoms with Crippen LogP contribution in [-0.4, -0.2) is 19.9 Å². The van der Waals surface area contributed by atoms with Gasteiger partial charge in [0.2, 0.25) is 0 Å². The molecule has 0 saturated heterocycles. The summed E-state index contributed by atoms with van der Waals surface area (Å²) in [5.41, 5.74) is -0.0862. The van der Waals surface area contributed by atoms with Crippen molar-refractivity contribution in [2.24, 2.45) is 0 Å². The van der Waals surface area contributed by atoms with Crippen molar-refractivity contribution in [3.63, 3.8) is 0 Å². The van der Waals surface area contributed by atoms with E-state index < -0.39 is 15.7 Å². The average molecular weight is 200 g/mol. The molecular formula is C7H8N2O3S. The minimum absolute atomic E-state index is 0.0862. The van der Waals surface area contributed by atoms with Crippen LogP contribution < -0.4 is 0 Å². The second kappa shape index (κ2) is 4.08. The van der Waals surface area contributed by atoms with Gasteiger partial charge in [0.1, 0.15) is 11.2 Å². The topological polar surface area (TPSA) is 73.1 Å². The molecule has 6 heteroatoms. The van der Waals surface area contributed by atoms with Gasteiger partial charge in [-0.15, -0.1) is 0 Å². The van der Waals surface area contributed by atoms with Crippen molar-refractivity contribution in [1.29, 1.82) is 0 Å². The molecule has 0 bridgehead atoms. The van der Waals surface area contributed by atoms with Gasteiger partial charge in [0.25, 0.3) is 5.69 Å². The molecule has 1 aromatic rings. The van der Waals surface area contributed by atoms with Gasteiger partial charge in [-0.3, -0.25) is 14.3 Å². The molecule has 1 rings (SSSR count). The zero-order valence-electron chi connectivity index (χ0n) is 6.97. The number of nitrogens with zero attached hydrogens (tertiary/aromatic N) is 2. The highest BCUT2D eigenvalue weighted by Crippen LogP contribution is 2.10. The fourth-order valence-corrected chi connectivity index (χ4v) is 1.45. The molecule has 0 spiro atoms. The van der Waals surface area contributed by atoms with Crippen LogP contribution in [0.4, 0.5) is 5.69 Å². The monoisotopic (exact) mass is 200 g/mol. The molecular weight excluding hydrogens is 192 g/mol. The van der Waals surface area contributed by atoms with Gasteiger partial charge in [0.05, 0.1) is 15.7 Å². The second-order valence-corrected chi connectivity index (χ2v) is 3.93. The van der Waals surface area contributed by atoms with Crippen LogP contribution >= 0.6 is 0 Å². The van der Waals surface area contributed by atoms with Crippen molar-refractivity contribution in [3.05, 3.63) is 28.4 Å². The largest absolute Gasteiger partial charge is 0.287 e. The van der Waals surface area contributed by atoms with Crippen molar-refractivity contribution in [2.45, 2.75) is 11.9 Å². The molecule has 0 radical (unpaired) electrons. The molecule has 1 aromatic heterocycles. The maximum Gasteiger partial charge on any atom is 0.287 e. The first-order valence-corrected chi connectivity index (χ1v) is 4.96. The lowest BCUT2D eigenvalue weighted by molar-refractivity contribution is -0.385. The van der Waals surface area contributed by atoms with E-state index >= 15 is 0 Å². The molecule has 1 atom stereocenters. The van der Waals surface area contributed by atoms with Gasteiger partial charge in [-0.05, 0) is 6.07 Å². The number of nitro groups is 1. The highest BCUT2D eigenvalue weighted by atomic mass is 32.2. The fourth-order valence-electron chi connectivity index (χ4n) is 0.763. The molecule has 0 N–H and O–H groups in total. The minimum atomic E-state index is -1.15. The molecule has 0 aliphatic rings. The quantitative estimate of drug-likeness (QED) is 0.541. The van der Waals surface area contributed by atoms with Gasteiger partial charge in [-0.1, -0.05) is 6.92 Å². The summed E-state index contributed by atoms with van der Waals surface area (Å²) in [4.78, 5) is 13.4.